The second-order valence-electron chi connectivity index (χ2n) is 17.0. The van der Waals surface area contributed by atoms with Gasteiger partial charge in [0.05, 0.1) is 13.2 Å². The summed E-state index contributed by atoms with van der Waals surface area (Å²) in [6, 6.07) is 0. The third-order valence-corrected chi connectivity index (χ3v) is 11.5. The number of unbranched alkanes of at least 4 members (excludes halogenated alkanes) is 22. The predicted molar refractivity (Wildman–Crippen MR) is 236 cm³/mol. The van der Waals surface area contributed by atoms with Gasteiger partial charge in [-0.1, -0.05) is 175 Å². The number of aliphatic hydroxyl groups is 1. The first-order chi connectivity index (χ1) is 27.0. The van der Waals surface area contributed by atoms with Crippen LogP contribution in [-0.2, 0) is 38.9 Å². The van der Waals surface area contributed by atoms with Crippen LogP contribution >= 0.6 is 0 Å². The van der Waals surface area contributed by atoms with Crippen molar-refractivity contribution in [2.45, 2.75) is 246 Å². The van der Waals surface area contributed by atoms with E-state index >= 15 is 0 Å². The number of aliphatic hydroxyl groups excluding tert-OH is 1. The molecule has 335 valence electrons. The van der Waals surface area contributed by atoms with Crippen LogP contribution < -0.4 is 0 Å². The molecule has 1 radical (unpaired) electrons. The second-order valence-corrected chi connectivity index (χ2v) is 17.0. The Morgan fingerprint density at radius 2 is 0.839 bits per heavy atom. The number of ether oxygens (including phenoxy) is 2. The Balaban J connectivity index is 0. The largest absolute Gasteiger partial charge is 1.00 e. The van der Waals surface area contributed by atoms with Crippen molar-refractivity contribution < 1.29 is 44.0 Å². The Morgan fingerprint density at radius 1 is 0.482 bits per heavy atom. The van der Waals surface area contributed by atoms with Crippen LogP contribution in [0.5, 0.6) is 0 Å². The van der Waals surface area contributed by atoms with Crippen LogP contribution in [-0.4, -0.2) is 61.4 Å². The minimum absolute atomic E-state index is 0. The summed E-state index contributed by atoms with van der Waals surface area (Å²) in [4.78, 5) is 27.6. The third kappa shape index (κ3) is 41.6. The van der Waals surface area contributed by atoms with Gasteiger partial charge in [-0.3, -0.25) is 9.59 Å². The van der Waals surface area contributed by atoms with Crippen LogP contribution in [0.25, 0.3) is 0 Å². The van der Waals surface area contributed by atoms with E-state index in [2.05, 4.69) is 39.0 Å². The molecule has 1 N–H and O–H groups in total. The van der Waals surface area contributed by atoms with Gasteiger partial charge in [0.1, 0.15) is 0 Å². The number of rotatable bonds is 45. The van der Waals surface area contributed by atoms with Gasteiger partial charge in [0, 0.05) is 19.4 Å². The van der Waals surface area contributed by atoms with Crippen molar-refractivity contribution in [1.29, 1.82) is 0 Å². The normalized spacial score (nSPS) is 12.5. The van der Waals surface area contributed by atoms with Gasteiger partial charge in [0.15, 0.2) is 0 Å². The van der Waals surface area contributed by atoms with Crippen molar-refractivity contribution >= 4 is 11.9 Å². The zero-order valence-electron chi connectivity index (χ0n) is 37.9. The summed E-state index contributed by atoms with van der Waals surface area (Å²) in [6.07, 6.45) is 42.1. The molecule has 0 amide bonds. The van der Waals surface area contributed by atoms with Crippen LogP contribution in [0.2, 0.25) is 0 Å². The first-order valence-electron chi connectivity index (χ1n) is 24.5. The Labute approximate surface area is 363 Å². The SMILES string of the molecule is CCCCCCCCC(CCCCCC)COC(=O)CCCC[CH-]CN(CCCO)CCCCCCC(=O)OCC(CCCCCC)CCCCCCCC.[Os+]. The van der Waals surface area contributed by atoms with E-state index in [-0.39, 0.29) is 38.3 Å². The molecule has 2 atom stereocenters. The number of nitrogens with zero attached hydrogens (tertiary/aromatic N) is 1. The van der Waals surface area contributed by atoms with Crippen LogP contribution in [0.1, 0.15) is 246 Å². The number of carbonyl (C=O) groups excluding carboxylic acids is 2. The molecule has 0 aromatic rings. The van der Waals surface area contributed by atoms with E-state index < -0.39 is 0 Å². The molecule has 0 aliphatic rings. The van der Waals surface area contributed by atoms with Crippen LogP contribution in [0.3, 0.4) is 0 Å². The van der Waals surface area contributed by atoms with Gasteiger partial charge >= 0.3 is 31.7 Å². The number of hydrogen-bond donors (Lipinski definition) is 1. The molecule has 0 saturated heterocycles. The maximum atomic E-state index is 12.6. The Bertz CT molecular complexity index is 738. The average Bonchev–Trinajstić information content (AvgIpc) is 3.19. The molecule has 0 aromatic heterocycles. The van der Waals surface area contributed by atoms with Crippen LogP contribution in [0, 0.1) is 18.3 Å². The minimum Gasteiger partial charge on any atom is -0.465 e. The smallest absolute Gasteiger partial charge is 0.465 e. The fourth-order valence-corrected chi connectivity index (χ4v) is 7.71. The Morgan fingerprint density at radius 3 is 1.29 bits per heavy atom. The Kier molecular flexibility index (Phi) is 48.5. The van der Waals surface area contributed by atoms with E-state index in [1.165, 1.54) is 154 Å². The molecule has 0 aliphatic heterocycles. The molecular formula is C49H96NO5Os. The quantitative estimate of drug-likeness (QED) is 0.0372. The number of carbonyl (C=O) groups is 2. The minimum atomic E-state index is -0.0233. The molecule has 0 aromatic carbocycles. The van der Waals surface area contributed by atoms with Gasteiger partial charge in [-0.15, -0.1) is 6.54 Å². The zero-order valence-corrected chi connectivity index (χ0v) is 40.4. The van der Waals surface area contributed by atoms with Crippen LogP contribution in [0.15, 0.2) is 0 Å². The van der Waals surface area contributed by atoms with E-state index in [4.69, 9.17) is 9.47 Å². The van der Waals surface area contributed by atoms with Gasteiger partial charge in [-0.2, -0.15) is 6.42 Å². The molecule has 0 fully saturated rings. The molecule has 0 heterocycles. The van der Waals surface area contributed by atoms with Gasteiger partial charge in [-0.05, 0) is 76.3 Å². The predicted octanol–water partition coefficient (Wildman–Crippen LogP) is 14.1. The zero-order chi connectivity index (χ0) is 40.3. The molecule has 0 bridgehead atoms. The van der Waals surface area contributed by atoms with Gasteiger partial charge in [0.25, 0.3) is 0 Å². The first kappa shape index (κ1) is 57.6. The summed E-state index contributed by atoms with van der Waals surface area (Å²) in [5.41, 5.74) is 0. The fourth-order valence-electron chi connectivity index (χ4n) is 7.71. The maximum Gasteiger partial charge on any atom is 1.00 e. The van der Waals surface area contributed by atoms with E-state index in [0.29, 0.717) is 37.9 Å². The summed E-state index contributed by atoms with van der Waals surface area (Å²) in [5.74, 6) is 1.01. The molecule has 2 unspecified atom stereocenters. The van der Waals surface area contributed by atoms with Gasteiger partial charge in [-0.25, -0.2) is 0 Å². The second kappa shape index (κ2) is 47.2. The molecule has 56 heavy (non-hydrogen) atoms. The fraction of sp³-hybridized carbons (Fsp3) is 0.939. The van der Waals surface area contributed by atoms with E-state index in [9.17, 15) is 14.7 Å². The molecule has 7 heteroatoms. The van der Waals surface area contributed by atoms with E-state index in [0.717, 1.165) is 71.0 Å². The Hall–Kier alpha value is -0.504. The molecule has 6 nitrogen and oxygen atoms in total. The summed E-state index contributed by atoms with van der Waals surface area (Å²) in [7, 11) is 0. The molecule has 0 spiro atoms. The van der Waals surface area contributed by atoms with Crippen molar-refractivity contribution in [3.05, 3.63) is 6.42 Å². The number of hydrogen-bond acceptors (Lipinski definition) is 6. The van der Waals surface area contributed by atoms with Gasteiger partial charge < -0.3 is 25.9 Å². The number of esters is 2. The molecular weight excluding hydrogens is 873 g/mol. The van der Waals surface area contributed by atoms with E-state index in [1.807, 2.05) is 0 Å². The summed E-state index contributed by atoms with van der Waals surface area (Å²) >= 11 is 0. The van der Waals surface area contributed by atoms with Crippen molar-refractivity contribution in [2.75, 3.05) is 39.5 Å². The topological polar surface area (TPSA) is 76.1 Å². The first-order valence-corrected chi connectivity index (χ1v) is 24.5. The monoisotopic (exact) mass is 971 g/mol. The molecule has 0 saturated carbocycles. The summed E-state index contributed by atoms with van der Waals surface area (Å²) in [6.45, 7) is 13.3. The average molecular weight is 970 g/mol. The summed E-state index contributed by atoms with van der Waals surface area (Å²) < 4.78 is 11.6. The van der Waals surface area contributed by atoms with Crippen LogP contribution in [0.4, 0.5) is 0 Å². The van der Waals surface area contributed by atoms with Crippen molar-refractivity contribution in [3.8, 4) is 0 Å². The van der Waals surface area contributed by atoms with Gasteiger partial charge in [0.2, 0.25) is 0 Å². The van der Waals surface area contributed by atoms with Crippen molar-refractivity contribution in [3.63, 3.8) is 0 Å². The molecule has 0 aliphatic carbocycles. The summed E-state index contributed by atoms with van der Waals surface area (Å²) in [5, 5.41) is 9.43. The standard InChI is InChI=1S/C49H96NO5.Os/c1-5-9-13-17-19-27-36-46(34-25-15-11-7-3)44-54-48(52)38-29-21-23-31-40-50(42-33-43-51)41-32-24-22-30-39-49(53)55-45-47(35-26-16-12-8-4)37-28-20-18-14-10-6-2;/h31,46-47,51H,5-30,32-45H2,1-4H3;/q-1;+1. The van der Waals surface area contributed by atoms with E-state index in [1.54, 1.807) is 0 Å². The molecule has 0 rings (SSSR count). The van der Waals surface area contributed by atoms with Crippen molar-refractivity contribution in [2.24, 2.45) is 11.8 Å². The van der Waals surface area contributed by atoms with Crippen molar-refractivity contribution in [1.82, 2.24) is 4.90 Å². The maximum absolute atomic E-state index is 12.6. The third-order valence-electron chi connectivity index (χ3n) is 11.5.